The molecule has 1 atom stereocenters. The average molecular weight is 236 g/mol. The van der Waals surface area contributed by atoms with Gasteiger partial charge in [0.25, 0.3) is 0 Å². The number of rotatable bonds is 5. The van der Waals surface area contributed by atoms with Gasteiger partial charge in [-0.3, -0.25) is 0 Å². The second-order valence-electron chi connectivity index (χ2n) is 5.31. The number of nitrogens with zero attached hydrogens (tertiary/aromatic N) is 1. The zero-order chi connectivity index (χ0) is 13.1. The summed E-state index contributed by atoms with van der Waals surface area (Å²) in [6.07, 6.45) is -0.372. The molecule has 0 spiro atoms. The molecule has 3 nitrogen and oxygen atoms in total. The van der Waals surface area contributed by atoms with Crippen molar-refractivity contribution in [1.82, 2.24) is 5.32 Å². The average Bonchev–Trinajstić information content (AvgIpc) is 2.27. The molecule has 0 saturated carbocycles. The number of aliphatic hydroxyl groups excluding tert-OH is 1. The first-order chi connectivity index (χ1) is 7.83. The van der Waals surface area contributed by atoms with Crippen LogP contribution in [0.5, 0.6) is 0 Å². The molecule has 1 aromatic rings. The van der Waals surface area contributed by atoms with Crippen LogP contribution in [0.25, 0.3) is 0 Å². The summed E-state index contributed by atoms with van der Waals surface area (Å²) in [6, 6.07) is 8.43. The Hall–Kier alpha value is -1.06. The van der Waals surface area contributed by atoms with Gasteiger partial charge in [-0.25, -0.2) is 0 Å². The fourth-order valence-corrected chi connectivity index (χ4v) is 1.39. The van der Waals surface area contributed by atoms with Crippen LogP contribution in [0.2, 0.25) is 0 Å². The molecule has 0 radical (unpaired) electrons. The highest BCUT2D eigenvalue weighted by Gasteiger charge is 2.22. The zero-order valence-corrected chi connectivity index (χ0v) is 11.5. The molecular weight excluding hydrogens is 212 g/mol. The zero-order valence-electron chi connectivity index (χ0n) is 11.5. The van der Waals surface area contributed by atoms with Crippen LogP contribution in [0.15, 0.2) is 24.3 Å². The van der Waals surface area contributed by atoms with Crippen LogP contribution in [0.1, 0.15) is 26.3 Å². The predicted molar refractivity (Wildman–Crippen MR) is 73.4 cm³/mol. The topological polar surface area (TPSA) is 35.5 Å². The largest absolute Gasteiger partial charge is 0.392 e. The van der Waals surface area contributed by atoms with E-state index in [0.717, 1.165) is 6.54 Å². The van der Waals surface area contributed by atoms with Gasteiger partial charge in [0.2, 0.25) is 0 Å². The van der Waals surface area contributed by atoms with E-state index in [1.807, 2.05) is 34.9 Å². The summed E-state index contributed by atoms with van der Waals surface area (Å²) in [6.45, 7) is 6.59. The van der Waals surface area contributed by atoms with Gasteiger partial charge in [-0.15, -0.1) is 0 Å². The molecule has 0 aliphatic carbocycles. The highest BCUT2D eigenvalue weighted by atomic mass is 16.3. The molecule has 0 bridgehead atoms. The van der Waals surface area contributed by atoms with E-state index in [0.29, 0.717) is 0 Å². The minimum absolute atomic E-state index is 0.264. The maximum absolute atomic E-state index is 9.61. The summed E-state index contributed by atoms with van der Waals surface area (Å²) in [5.74, 6) is 0. The smallest absolute Gasteiger partial charge is 0.0688 e. The van der Waals surface area contributed by atoms with E-state index in [9.17, 15) is 5.11 Å². The lowest BCUT2D eigenvalue weighted by atomic mass is 9.98. The minimum Gasteiger partial charge on any atom is -0.392 e. The molecule has 0 aliphatic heterocycles. The molecule has 1 aromatic carbocycles. The van der Waals surface area contributed by atoms with E-state index in [4.69, 9.17) is 0 Å². The van der Waals surface area contributed by atoms with E-state index in [2.05, 4.69) is 34.5 Å². The first kappa shape index (κ1) is 14.0. The fraction of sp³-hybridized carbons (Fsp3) is 0.571. The molecule has 17 heavy (non-hydrogen) atoms. The summed E-state index contributed by atoms with van der Waals surface area (Å²) >= 11 is 0. The van der Waals surface area contributed by atoms with Crippen LogP contribution in [0.3, 0.4) is 0 Å². The van der Waals surface area contributed by atoms with Crippen LogP contribution in [-0.2, 0) is 6.54 Å². The Morgan fingerprint density at radius 2 is 1.76 bits per heavy atom. The van der Waals surface area contributed by atoms with Gasteiger partial charge in [-0.05, 0) is 38.5 Å². The molecule has 96 valence electrons. The van der Waals surface area contributed by atoms with Crippen LogP contribution >= 0.6 is 0 Å². The van der Waals surface area contributed by atoms with Crippen molar-refractivity contribution in [3.63, 3.8) is 0 Å². The Labute approximate surface area is 104 Å². The van der Waals surface area contributed by atoms with Crippen molar-refractivity contribution in [1.29, 1.82) is 0 Å². The Morgan fingerprint density at radius 1 is 1.24 bits per heavy atom. The van der Waals surface area contributed by atoms with Gasteiger partial charge in [0.15, 0.2) is 0 Å². The molecule has 0 aromatic heterocycles. The van der Waals surface area contributed by atoms with E-state index in [1.165, 1.54) is 11.3 Å². The molecule has 0 fully saturated rings. The SMILES string of the molecule is CC(O)C(C)(C)NCc1ccc(N(C)C)cc1. The molecule has 0 saturated heterocycles. The van der Waals surface area contributed by atoms with E-state index >= 15 is 0 Å². The lowest BCUT2D eigenvalue weighted by Crippen LogP contribution is -2.47. The number of benzene rings is 1. The Bertz CT molecular complexity index is 342. The Morgan fingerprint density at radius 3 is 2.18 bits per heavy atom. The number of nitrogens with one attached hydrogen (secondary N) is 1. The van der Waals surface area contributed by atoms with Crippen LogP contribution in [0.4, 0.5) is 5.69 Å². The van der Waals surface area contributed by atoms with Gasteiger partial charge in [-0.2, -0.15) is 0 Å². The molecular formula is C14H24N2O. The molecule has 2 N–H and O–H groups in total. The predicted octanol–water partition coefficient (Wildman–Crippen LogP) is 2.00. The van der Waals surface area contributed by atoms with Crippen molar-refractivity contribution in [3.05, 3.63) is 29.8 Å². The number of aliphatic hydroxyl groups is 1. The third kappa shape index (κ3) is 4.02. The van der Waals surface area contributed by atoms with Gasteiger partial charge in [-0.1, -0.05) is 12.1 Å². The van der Waals surface area contributed by atoms with Crippen LogP contribution in [0, 0.1) is 0 Å². The van der Waals surface area contributed by atoms with Crippen molar-refractivity contribution in [3.8, 4) is 0 Å². The number of anilines is 1. The lowest BCUT2D eigenvalue weighted by molar-refractivity contribution is 0.0956. The van der Waals surface area contributed by atoms with Crippen LogP contribution < -0.4 is 10.2 Å². The third-order valence-electron chi connectivity index (χ3n) is 3.25. The van der Waals surface area contributed by atoms with Gasteiger partial charge in [0.05, 0.1) is 6.10 Å². The highest BCUT2D eigenvalue weighted by Crippen LogP contribution is 2.14. The molecule has 1 rings (SSSR count). The normalized spacial score (nSPS) is 13.5. The molecule has 0 amide bonds. The lowest BCUT2D eigenvalue weighted by Gasteiger charge is -2.29. The summed E-state index contributed by atoms with van der Waals surface area (Å²) in [7, 11) is 4.06. The maximum Gasteiger partial charge on any atom is 0.0688 e. The third-order valence-corrected chi connectivity index (χ3v) is 3.25. The van der Waals surface area contributed by atoms with Gasteiger partial charge in [0.1, 0.15) is 0 Å². The van der Waals surface area contributed by atoms with Gasteiger partial charge >= 0.3 is 0 Å². The van der Waals surface area contributed by atoms with Crippen molar-refractivity contribution < 1.29 is 5.11 Å². The van der Waals surface area contributed by atoms with E-state index in [1.54, 1.807) is 0 Å². The van der Waals surface area contributed by atoms with Crippen molar-refractivity contribution in [2.75, 3.05) is 19.0 Å². The molecule has 0 heterocycles. The number of hydrogen-bond acceptors (Lipinski definition) is 3. The molecule has 0 aliphatic rings. The first-order valence-electron chi connectivity index (χ1n) is 6.02. The second-order valence-corrected chi connectivity index (χ2v) is 5.31. The first-order valence-corrected chi connectivity index (χ1v) is 6.02. The Balaban J connectivity index is 2.59. The summed E-state index contributed by atoms with van der Waals surface area (Å²) in [4.78, 5) is 2.08. The van der Waals surface area contributed by atoms with Gasteiger partial charge in [0, 0.05) is 31.9 Å². The standard InChI is InChI=1S/C14H24N2O/c1-11(17)14(2,3)15-10-12-6-8-13(9-7-12)16(4)5/h6-9,11,15,17H,10H2,1-5H3. The van der Waals surface area contributed by atoms with Crippen molar-refractivity contribution in [2.45, 2.75) is 39.0 Å². The molecule has 3 heteroatoms. The van der Waals surface area contributed by atoms with E-state index in [-0.39, 0.29) is 11.6 Å². The second kappa shape index (κ2) is 5.52. The monoisotopic (exact) mass is 236 g/mol. The fourth-order valence-electron chi connectivity index (χ4n) is 1.39. The summed E-state index contributed by atoms with van der Waals surface area (Å²) in [5, 5.41) is 13.0. The minimum atomic E-state index is -0.372. The van der Waals surface area contributed by atoms with E-state index < -0.39 is 0 Å². The summed E-state index contributed by atoms with van der Waals surface area (Å²) < 4.78 is 0. The van der Waals surface area contributed by atoms with Crippen LogP contribution in [-0.4, -0.2) is 30.8 Å². The maximum atomic E-state index is 9.61. The Kier molecular flexibility index (Phi) is 4.54. The molecule has 1 unspecified atom stereocenters. The quantitative estimate of drug-likeness (QED) is 0.821. The van der Waals surface area contributed by atoms with Crippen molar-refractivity contribution >= 4 is 5.69 Å². The summed E-state index contributed by atoms with van der Waals surface area (Å²) in [5.41, 5.74) is 2.16. The van der Waals surface area contributed by atoms with Crippen molar-refractivity contribution in [2.24, 2.45) is 0 Å². The highest BCUT2D eigenvalue weighted by molar-refractivity contribution is 5.45. The van der Waals surface area contributed by atoms with Gasteiger partial charge < -0.3 is 15.3 Å². The number of hydrogen-bond donors (Lipinski definition) is 2.